The highest BCUT2D eigenvalue weighted by Gasteiger charge is 2.28. The molecule has 0 bridgehead atoms. The first-order valence-electron chi connectivity index (χ1n) is 14.1. The van der Waals surface area contributed by atoms with Crippen molar-refractivity contribution in [3.63, 3.8) is 0 Å². The van der Waals surface area contributed by atoms with Gasteiger partial charge in [0.25, 0.3) is 0 Å². The Morgan fingerprint density at radius 2 is 1.88 bits per heavy atom. The van der Waals surface area contributed by atoms with Crippen molar-refractivity contribution in [3.8, 4) is 16.9 Å². The number of ether oxygens (including phenoxy) is 2. The molecule has 0 spiro atoms. The van der Waals surface area contributed by atoms with E-state index >= 15 is 0 Å². The molecular weight excluding hydrogens is 526 g/mol. The zero-order valence-corrected chi connectivity index (χ0v) is 24.8. The van der Waals surface area contributed by atoms with Crippen molar-refractivity contribution in [2.75, 3.05) is 13.2 Å². The lowest BCUT2D eigenvalue weighted by molar-refractivity contribution is 0.0683. The summed E-state index contributed by atoms with van der Waals surface area (Å²) in [5, 5.41) is 17.1. The number of aryl methyl sites for hydroxylation is 7. The highest BCUT2D eigenvalue weighted by atomic mass is 35.5. The Bertz CT molecular complexity index is 1560. The fraction of sp³-hybridized carbons (Fsp3) is 0.438. The molecule has 7 nitrogen and oxygen atoms in total. The number of halogens is 1. The van der Waals surface area contributed by atoms with E-state index in [4.69, 9.17) is 26.2 Å². The van der Waals surface area contributed by atoms with Crippen molar-refractivity contribution in [3.05, 3.63) is 68.6 Å². The Hall–Kier alpha value is -3.29. The van der Waals surface area contributed by atoms with E-state index in [1.807, 2.05) is 42.3 Å². The number of benzene rings is 2. The number of aromatic nitrogens is 3. The number of carbonyl (C=O) groups is 1. The van der Waals surface area contributed by atoms with Crippen molar-refractivity contribution in [1.82, 2.24) is 14.3 Å². The normalized spacial score (nSPS) is 13.8. The summed E-state index contributed by atoms with van der Waals surface area (Å²) in [5.41, 5.74) is 9.49. The van der Waals surface area contributed by atoms with Gasteiger partial charge in [0.05, 0.1) is 30.1 Å². The third-order valence-electron chi connectivity index (χ3n) is 7.97. The summed E-state index contributed by atoms with van der Waals surface area (Å²) in [4.78, 5) is 12.8. The summed E-state index contributed by atoms with van der Waals surface area (Å²) < 4.78 is 16.1. The van der Waals surface area contributed by atoms with Gasteiger partial charge in [-0.1, -0.05) is 30.7 Å². The van der Waals surface area contributed by atoms with Crippen molar-refractivity contribution >= 4 is 28.5 Å². The molecule has 0 saturated carbocycles. The van der Waals surface area contributed by atoms with E-state index in [-0.39, 0.29) is 0 Å². The lowest BCUT2D eigenvalue weighted by Crippen LogP contribution is -2.12. The molecule has 0 amide bonds. The van der Waals surface area contributed by atoms with Crippen LogP contribution in [0.3, 0.4) is 0 Å². The molecule has 1 aliphatic heterocycles. The molecule has 40 heavy (non-hydrogen) atoms. The number of carboxylic acids is 1. The SMILES string of the molecule is CCc1nn(C)c2c1-c1c(C)ccc3c(CCCOc4cc(C)c(Cl)c(C)c4)c(C(=O)O)n(c13)CCCCOC2. The summed E-state index contributed by atoms with van der Waals surface area (Å²) in [7, 11) is 1.97. The monoisotopic (exact) mass is 563 g/mol. The van der Waals surface area contributed by atoms with Gasteiger partial charge in [0.1, 0.15) is 11.4 Å². The first-order valence-corrected chi connectivity index (χ1v) is 14.5. The van der Waals surface area contributed by atoms with Gasteiger partial charge in [0.15, 0.2) is 0 Å². The van der Waals surface area contributed by atoms with Crippen LogP contribution < -0.4 is 4.74 Å². The van der Waals surface area contributed by atoms with E-state index in [1.54, 1.807) is 0 Å². The Balaban J connectivity index is 1.60. The van der Waals surface area contributed by atoms with Gasteiger partial charge in [-0.2, -0.15) is 5.10 Å². The third kappa shape index (κ3) is 5.13. The van der Waals surface area contributed by atoms with Crippen LogP contribution in [0.1, 0.15) is 70.3 Å². The fourth-order valence-corrected chi connectivity index (χ4v) is 6.16. The van der Waals surface area contributed by atoms with Crippen LogP contribution >= 0.6 is 11.6 Å². The number of hydrogen-bond acceptors (Lipinski definition) is 4. The Morgan fingerprint density at radius 1 is 1.12 bits per heavy atom. The van der Waals surface area contributed by atoms with Gasteiger partial charge in [-0.25, -0.2) is 4.79 Å². The van der Waals surface area contributed by atoms with Crippen LogP contribution in [0.5, 0.6) is 5.75 Å². The molecule has 212 valence electrons. The summed E-state index contributed by atoms with van der Waals surface area (Å²) in [6.45, 7) is 10.4. The van der Waals surface area contributed by atoms with Crippen LogP contribution in [0.15, 0.2) is 24.3 Å². The lowest BCUT2D eigenvalue weighted by atomic mass is 9.93. The molecule has 0 aliphatic carbocycles. The van der Waals surface area contributed by atoms with Crippen molar-refractivity contribution < 1.29 is 19.4 Å². The second-order valence-corrected chi connectivity index (χ2v) is 11.1. The molecule has 1 aliphatic rings. The standard InChI is InChI=1S/C32H38ClN3O4/c1-6-25-28-26(35(5)34-25)18-39-14-8-7-13-36-30-24(12-11-19(2)27(28)30)23(31(36)32(37)38)10-9-15-40-22-16-20(3)29(33)21(4)17-22/h11-12,16-17H,6-10,13-15,18H2,1-5H3,(H,37,38). The number of carboxylic acid groups (broad SMARTS) is 1. The van der Waals surface area contributed by atoms with E-state index in [1.165, 1.54) is 0 Å². The van der Waals surface area contributed by atoms with Crippen LogP contribution in [0.25, 0.3) is 22.0 Å². The molecule has 0 atom stereocenters. The Kier molecular flexibility index (Phi) is 8.24. The predicted molar refractivity (Wildman–Crippen MR) is 159 cm³/mol. The minimum absolute atomic E-state index is 0.378. The number of rotatable bonds is 7. The average Bonchev–Trinajstić information content (AvgIpc) is 3.39. The van der Waals surface area contributed by atoms with Gasteiger partial charge >= 0.3 is 5.97 Å². The summed E-state index contributed by atoms with van der Waals surface area (Å²) >= 11 is 6.32. The molecule has 0 fully saturated rings. The van der Waals surface area contributed by atoms with E-state index in [9.17, 15) is 9.90 Å². The Morgan fingerprint density at radius 3 is 2.58 bits per heavy atom. The van der Waals surface area contributed by atoms with Gasteiger partial charge in [0, 0.05) is 41.7 Å². The maximum atomic E-state index is 12.8. The van der Waals surface area contributed by atoms with Gasteiger partial charge in [-0.3, -0.25) is 4.68 Å². The molecule has 3 heterocycles. The smallest absolute Gasteiger partial charge is 0.352 e. The minimum Gasteiger partial charge on any atom is -0.494 e. The average molecular weight is 564 g/mol. The zero-order valence-electron chi connectivity index (χ0n) is 24.1. The molecule has 4 aromatic rings. The van der Waals surface area contributed by atoms with Crippen molar-refractivity contribution in [1.29, 1.82) is 0 Å². The van der Waals surface area contributed by atoms with Crippen LogP contribution in [0.2, 0.25) is 5.02 Å². The molecule has 0 unspecified atom stereocenters. The summed E-state index contributed by atoms with van der Waals surface area (Å²) in [6.07, 6.45) is 3.76. The highest BCUT2D eigenvalue weighted by molar-refractivity contribution is 6.32. The lowest BCUT2D eigenvalue weighted by Gasteiger charge is -2.14. The molecule has 1 N–H and O–H groups in total. The van der Waals surface area contributed by atoms with E-state index in [0.29, 0.717) is 44.9 Å². The molecule has 8 heteroatoms. The quantitative estimate of drug-likeness (QED) is 0.240. The van der Waals surface area contributed by atoms with Crippen LogP contribution in [-0.4, -0.2) is 38.6 Å². The molecule has 0 radical (unpaired) electrons. The fourth-order valence-electron chi connectivity index (χ4n) is 6.05. The van der Waals surface area contributed by atoms with Gasteiger partial charge < -0.3 is 19.1 Å². The predicted octanol–water partition coefficient (Wildman–Crippen LogP) is 7.20. The first-order chi connectivity index (χ1) is 19.2. The largest absolute Gasteiger partial charge is 0.494 e. The van der Waals surface area contributed by atoms with Crippen LogP contribution in [0.4, 0.5) is 0 Å². The van der Waals surface area contributed by atoms with Gasteiger partial charge in [-0.05, 0) is 87.3 Å². The molecular formula is C32H38ClN3O4. The number of aromatic carboxylic acids is 1. The summed E-state index contributed by atoms with van der Waals surface area (Å²) in [6, 6.07) is 8.10. The van der Waals surface area contributed by atoms with E-state index in [0.717, 1.165) is 85.7 Å². The van der Waals surface area contributed by atoms with Crippen LogP contribution in [-0.2, 0) is 37.8 Å². The Labute approximate surface area is 240 Å². The van der Waals surface area contributed by atoms with E-state index in [2.05, 4.69) is 26.0 Å². The summed E-state index contributed by atoms with van der Waals surface area (Å²) in [5.74, 6) is -0.112. The maximum absolute atomic E-state index is 12.8. The zero-order chi connectivity index (χ0) is 28.6. The highest BCUT2D eigenvalue weighted by Crippen LogP contribution is 2.41. The molecule has 2 aromatic heterocycles. The molecule has 2 aromatic carbocycles. The first kappa shape index (κ1) is 28.2. The van der Waals surface area contributed by atoms with E-state index < -0.39 is 5.97 Å². The number of fused-ring (bicyclic) bond motifs is 2. The third-order valence-corrected chi connectivity index (χ3v) is 8.57. The van der Waals surface area contributed by atoms with Crippen molar-refractivity contribution in [2.24, 2.45) is 7.05 Å². The number of nitrogens with zero attached hydrogens (tertiary/aromatic N) is 3. The maximum Gasteiger partial charge on any atom is 0.352 e. The topological polar surface area (TPSA) is 78.5 Å². The van der Waals surface area contributed by atoms with Crippen LogP contribution in [0, 0.1) is 20.8 Å². The van der Waals surface area contributed by atoms with Crippen molar-refractivity contribution in [2.45, 2.75) is 73.0 Å². The molecule has 0 saturated heterocycles. The second-order valence-electron chi connectivity index (χ2n) is 10.8. The second kappa shape index (κ2) is 11.7. The molecule has 5 rings (SSSR count). The number of hydrogen-bond donors (Lipinski definition) is 1. The minimum atomic E-state index is -0.895. The van der Waals surface area contributed by atoms with Gasteiger partial charge in [0.2, 0.25) is 0 Å². The van der Waals surface area contributed by atoms with Gasteiger partial charge in [-0.15, -0.1) is 0 Å².